The van der Waals surface area contributed by atoms with Gasteiger partial charge in [-0.3, -0.25) is 9.78 Å². The molecule has 0 spiro atoms. The largest absolute Gasteiger partial charge is 0.509 e. The van der Waals surface area contributed by atoms with Crippen LogP contribution < -0.4 is 0 Å². The molecule has 0 aliphatic carbocycles. The summed E-state index contributed by atoms with van der Waals surface area (Å²) in [4.78, 5) is 40.4. The Labute approximate surface area is 388 Å². The molecule has 3 aliphatic rings. The summed E-state index contributed by atoms with van der Waals surface area (Å²) in [6.07, 6.45) is 0.0669. The van der Waals surface area contributed by atoms with E-state index in [1.54, 1.807) is 33.2 Å². The first-order valence-electron chi connectivity index (χ1n) is 22.8. The van der Waals surface area contributed by atoms with E-state index in [-0.39, 0.29) is 25.4 Å². The average Bonchev–Trinajstić information content (AvgIpc) is 3.60. The Hall–Kier alpha value is -4.15. The normalized spacial score (nSPS) is 35.7. The fourth-order valence-electron chi connectivity index (χ4n) is 9.99. The number of halogens is 1. The number of aromatic nitrogens is 1. The van der Waals surface area contributed by atoms with E-state index >= 15 is 0 Å². The highest BCUT2D eigenvalue weighted by Crippen LogP contribution is 2.43. The number of pyridine rings is 1. The molecule has 0 unspecified atom stereocenters. The van der Waals surface area contributed by atoms with E-state index < -0.39 is 83.8 Å². The molecule has 1 aromatic heterocycles. The third-order valence-electron chi connectivity index (χ3n) is 13.6. The van der Waals surface area contributed by atoms with Crippen molar-refractivity contribution in [3.05, 3.63) is 83.0 Å². The van der Waals surface area contributed by atoms with E-state index in [9.17, 15) is 14.7 Å². The average molecular weight is 923 g/mol. The lowest BCUT2D eigenvalue weighted by Gasteiger charge is -2.48. The number of esters is 1. The van der Waals surface area contributed by atoms with Crippen LogP contribution in [0.2, 0.25) is 5.02 Å². The number of carbonyl (C=O) groups is 2. The van der Waals surface area contributed by atoms with Crippen LogP contribution in [-0.2, 0) is 49.4 Å². The third-order valence-corrected chi connectivity index (χ3v) is 14.0. The fraction of sp³-hybridized carbons (Fsp3) is 0.600. The van der Waals surface area contributed by atoms with Crippen LogP contribution in [0.15, 0.2) is 72.0 Å². The molecule has 0 radical (unpaired) electrons. The number of hydrogen-bond donors (Lipinski definition) is 1. The number of rotatable bonds is 12. The van der Waals surface area contributed by atoms with Gasteiger partial charge in [0.25, 0.3) is 0 Å². The van der Waals surface area contributed by atoms with Crippen molar-refractivity contribution < 1.29 is 52.7 Å². The fourth-order valence-corrected chi connectivity index (χ4v) is 10.2. The molecule has 65 heavy (non-hydrogen) atoms. The van der Waals surface area contributed by atoms with Crippen LogP contribution in [0, 0.1) is 23.7 Å². The molecule has 0 amide bonds. The van der Waals surface area contributed by atoms with Gasteiger partial charge in [-0.05, 0) is 84.8 Å². The van der Waals surface area contributed by atoms with E-state index in [1.165, 1.54) is 0 Å². The van der Waals surface area contributed by atoms with Crippen molar-refractivity contribution in [3.8, 4) is 0 Å². The first-order valence-corrected chi connectivity index (χ1v) is 23.1. The van der Waals surface area contributed by atoms with Gasteiger partial charge >= 0.3 is 12.1 Å². The highest BCUT2D eigenvalue weighted by molar-refractivity contribution is 6.31. The molecule has 4 heterocycles. The standard InChI is InChI=1S/C50H68ClN3O11/c1-12-40-50(8)45(64-48(57)65-50)31(4)41(53-60-28-36-20-13-15-21-37(36)51)29(2)26-49(7,58-11)44(63-47-42(55)39(54(9)10)24-30(3)61-47)32(5)43(33(6)46(56)62-40)59-23-17-18-34-25-35-19-14-16-22-38(35)52-27-34/h13-22,25,27,29-33,39-40,42-45,47,55H,12,23-24,26,28H2,1-11H3/b18-17+,53-41+/t29-,30+,31+,32+,33-,39-,40-,42+,43+,44-,45+,47+,49-,50-/m1/s1. The molecule has 3 saturated heterocycles. The SMILES string of the molecule is CC[C@H]1OC(=O)[C@H](C)[C@@H](OC/C=C/c2cnc3ccccc3c2)[C@H](C)[C@@H](O[C@@H]2O[C@@H](C)C[C@@H](N(C)C)[C@@H]2O)[C@](C)(OC)C[C@@H](C)/C(=N\OCc2ccccc2Cl)[C@H](C)[C@@H]2OC(=O)O[C@]12C. The number of benzene rings is 2. The van der Waals surface area contributed by atoms with Crippen molar-refractivity contribution >= 4 is 46.4 Å². The van der Waals surface area contributed by atoms with Crippen molar-refractivity contribution in [2.75, 3.05) is 27.8 Å². The van der Waals surface area contributed by atoms with Crippen molar-refractivity contribution in [3.63, 3.8) is 0 Å². The molecule has 356 valence electrons. The van der Waals surface area contributed by atoms with Crippen LogP contribution in [0.3, 0.4) is 0 Å². The Balaban J connectivity index is 1.43. The lowest BCUT2D eigenvalue weighted by molar-refractivity contribution is -0.302. The summed E-state index contributed by atoms with van der Waals surface area (Å²) < 4.78 is 45.0. The molecule has 14 atom stereocenters. The van der Waals surface area contributed by atoms with Gasteiger partial charge in [0.1, 0.15) is 18.8 Å². The van der Waals surface area contributed by atoms with Gasteiger partial charge < -0.3 is 48.0 Å². The molecule has 1 N–H and O–H groups in total. The molecule has 6 rings (SSSR count). The number of oxime groups is 1. The number of aliphatic hydroxyl groups is 1. The van der Waals surface area contributed by atoms with E-state index in [1.807, 2.05) is 121 Å². The van der Waals surface area contributed by atoms with Gasteiger partial charge in [0, 0.05) is 53.1 Å². The molecule has 15 heteroatoms. The second kappa shape index (κ2) is 21.6. The van der Waals surface area contributed by atoms with Crippen LogP contribution in [0.25, 0.3) is 17.0 Å². The van der Waals surface area contributed by atoms with Gasteiger partial charge in [-0.2, -0.15) is 0 Å². The maximum atomic E-state index is 14.6. The van der Waals surface area contributed by atoms with Gasteiger partial charge in [-0.1, -0.05) is 93.0 Å². The number of carbonyl (C=O) groups excluding carboxylic acids is 2. The van der Waals surface area contributed by atoms with E-state index in [2.05, 4.69) is 4.98 Å². The second-order valence-electron chi connectivity index (χ2n) is 18.6. The van der Waals surface area contributed by atoms with Gasteiger partial charge in [0.05, 0.1) is 47.7 Å². The lowest BCUT2D eigenvalue weighted by atomic mass is 9.73. The summed E-state index contributed by atoms with van der Waals surface area (Å²) in [6.45, 7) is 15.3. The van der Waals surface area contributed by atoms with Crippen molar-refractivity contribution in [1.82, 2.24) is 9.88 Å². The predicted molar refractivity (Wildman–Crippen MR) is 248 cm³/mol. The van der Waals surface area contributed by atoms with Gasteiger partial charge in [0.2, 0.25) is 0 Å². The Morgan fingerprint density at radius 3 is 2.45 bits per heavy atom. The van der Waals surface area contributed by atoms with Crippen molar-refractivity contribution in [2.24, 2.45) is 28.8 Å². The first kappa shape index (κ1) is 50.3. The molecular weight excluding hydrogens is 854 g/mol. The zero-order valence-corrected chi connectivity index (χ0v) is 40.4. The van der Waals surface area contributed by atoms with Gasteiger partial charge in [-0.15, -0.1) is 0 Å². The Kier molecular flexibility index (Phi) is 16.7. The summed E-state index contributed by atoms with van der Waals surface area (Å²) in [5, 5.41) is 18.1. The number of nitrogens with zero attached hydrogens (tertiary/aromatic N) is 3. The van der Waals surface area contributed by atoms with Crippen LogP contribution in [-0.4, -0.2) is 121 Å². The molecular formula is C50H68ClN3O11. The molecule has 0 saturated carbocycles. The molecule has 0 bridgehead atoms. The zero-order valence-electron chi connectivity index (χ0n) is 39.6. The highest BCUT2D eigenvalue weighted by Gasteiger charge is 2.59. The number of methoxy groups -OCH3 is 1. The number of fused-ring (bicyclic) bond motifs is 2. The second-order valence-corrected chi connectivity index (χ2v) is 19.0. The third kappa shape index (κ3) is 11.3. The minimum atomic E-state index is -1.41. The predicted octanol–water partition coefficient (Wildman–Crippen LogP) is 8.64. The monoisotopic (exact) mass is 921 g/mol. The minimum Gasteiger partial charge on any atom is -0.458 e. The van der Waals surface area contributed by atoms with E-state index in [0.29, 0.717) is 30.0 Å². The van der Waals surface area contributed by atoms with Crippen molar-refractivity contribution in [2.45, 2.75) is 141 Å². The molecule has 2 aromatic carbocycles. The highest BCUT2D eigenvalue weighted by atomic mass is 35.5. The summed E-state index contributed by atoms with van der Waals surface area (Å²) in [6, 6.07) is 17.0. The molecule has 3 aliphatic heterocycles. The van der Waals surface area contributed by atoms with E-state index in [4.69, 9.17) is 54.8 Å². The van der Waals surface area contributed by atoms with Crippen LogP contribution in [0.4, 0.5) is 4.79 Å². The maximum Gasteiger partial charge on any atom is 0.509 e. The summed E-state index contributed by atoms with van der Waals surface area (Å²) >= 11 is 6.50. The Morgan fingerprint density at radius 1 is 1.02 bits per heavy atom. The summed E-state index contributed by atoms with van der Waals surface area (Å²) in [5.74, 6) is -3.05. The van der Waals surface area contributed by atoms with E-state index in [0.717, 1.165) is 22.0 Å². The van der Waals surface area contributed by atoms with Crippen LogP contribution in [0.1, 0.15) is 85.8 Å². The topological polar surface area (TPSA) is 157 Å². The number of ether oxygens (including phenoxy) is 7. The Bertz CT molecular complexity index is 2160. The van der Waals surface area contributed by atoms with Crippen LogP contribution >= 0.6 is 11.6 Å². The molecule has 3 fully saturated rings. The maximum absolute atomic E-state index is 14.6. The van der Waals surface area contributed by atoms with Crippen LogP contribution in [0.5, 0.6) is 0 Å². The number of para-hydroxylation sites is 1. The van der Waals surface area contributed by atoms with Gasteiger partial charge in [-0.25, -0.2) is 4.79 Å². The van der Waals surface area contributed by atoms with Crippen molar-refractivity contribution in [1.29, 1.82) is 0 Å². The summed E-state index contributed by atoms with van der Waals surface area (Å²) in [7, 11) is 5.45. The first-order chi connectivity index (χ1) is 30.9. The quantitative estimate of drug-likeness (QED) is 0.136. The zero-order chi connectivity index (χ0) is 47.2. The number of cyclic esters (lactones) is 1. The summed E-state index contributed by atoms with van der Waals surface area (Å²) in [5.41, 5.74) is 0.505. The molecule has 3 aromatic rings. The number of likely N-dealkylation sites (N-methyl/N-ethyl adjacent to an activating group) is 1. The Morgan fingerprint density at radius 2 is 1.74 bits per heavy atom. The van der Waals surface area contributed by atoms with Gasteiger partial charge in [0.15, 0.2) is 18.0 Å². The number of aliphatic hydroxyl groups excluding tert-OH is 1. The minimum absolute atomic E-state index is 0.0746. The number of hydrogen-bond acceptors (Lipinski definition) is 14. The lowest BCUT2D eigenvalue weighted by Crippen LogP contribution is -2.60. The smallest absolute Gasteiger partial charge is 0.458 e. The molecule has 14 nitrogen and oxygen atoms in total.